The second-order valence-electron chi connectivity index (χ2n) is 4.45. The van der Waals surface area contributed by atoms with Gasteiger partial charge >= 0.3 is 6.18 Å². The van der Waals surface area contributed by atoms with E-state index in [1.807, 2.05) is 0 Å². The Morgan fingerprint density at radius 2 is 1.94 bits per heavy atom. The molecule has 1 N–H and O–H groups in total. The number of hydrogen-bond acceptors (Lipinski definition) is 2. The number of piperidine rings is 1. The molecule has 1 fully saturated rings. The van der Waals surface area contributed by atoms with Crippen molar-refractivity contribution in [2.24, 2.45) is 5.92 Å². The molecule has 0 spiro atoms. The van der Waals surface area contributed by atoms with Gasteiger partial charge in [0.15, 0.2) is 0 Å². The molecule has 0 saturated carbocycles. The van der Waals surface area contributed by atoms with E-state index in [1.165, 1.54) is 12.1 Å². The van der Waals surface area contributed by atoms with Crippen molar-refractivity contribution in [3.05, 3.63) is 35.4 Å². The Labute approximate surface area is 103 Å². The first kappa shape index (κ1) is 12.9. The average molecular weight is 254 g/mol. The number of rotatable bonds is 1. The van der Waals surface area contributed by atoms with Crippen molar-refractivity contribution < 1.29 is 13.2 Å². The molecule has 1 aliphatic rings. The van der Waals surface area contributed by atoms with Gasteiger partial charge in [0.25, 0.3) is 0 Å². The highest BCUT2D eigenvalue weighted by molar-refractivity contribution is 5.32. The monoisotopic (exact) mass is 254 g/mol. The third kappa shape index (κ3) is 2.65. The molecule has 1 aromatic carbocycles. The molecule has 0 bridgehead atoms. The van der Waals surface area contributed by atoms with E-state index in [0.717, 1.165) is 6.07 Å². The smallest absolute Gasteiger partial charge is 0.309 e. The van der Waals surface area contributed by atoms with E-state index in [0.29, 0.717) is 19.4 Å². The first-order valence-electron chi connectivity index (χ1n) is 5.81. The second-order valence-corrected chi connectivity index (χ2v) is 4.45. The van der Waals surface area contributed by atoms with E-state index in [4.69, 9.17) is 5.26 Å². The summed E-state index contributed by atoms with van der Waals surface area (Å²) in [4.78, 5) is 0. The van der Waals surface area contributed by atoms with Crippen LogP contribution in [0, 0.1) is 17.2 Å². The molecular weight excluding hydrogens is 241 g/mol. The molecule has 2 nitrogen and oxygen atoms in total. The zero-order valence-electron chi connectivity index (χ0n) is 9.67. The van der Waals surface area contributed by atoms with E-state index < -0.39 is 11.7 Å². The van der Waals surface area contributed by atoms with E-state index in [9.17, 15) is 13.2 Å². The fraction of sp³-hybridized carbons (Fsp3) is 0.462. The van der Waals surface area contributed by atoms with Gasteiger partial charge in [0.1, 0.15) is 0 Å². The third-order valence-electron chi connectivity index (χ3n) is 3.24. The van der Waals surface area contributed by atoms with Crippen LogP contribution in [0.2, 0.25) is 0 Å². The molecule has 1 aliphatic heterocycles. The maximum absolute atomic E-state index is 12.9. The highest BCUT2D eigenvalue weighted by atomic mass is 19.4. The molecule has 2 rings (SSSR count). The minimum Gasteiger partial charge on any atom is -0.309 e. The van der Waals surface area contributed by atoms with Crippen LogP contribution >= 0.6 is 0 Å². The van der Waals surface area contributed by atoms with Crippen LogP contribution in [0.15, 0.2) is 24.3 Å². The zero-order chi connectivity index (χ0) is 13.2. The standard InChI is InChI=1S/C13H13F3N2/c14-13(15,16)11-4-2-1-3-10(11)12-6-5-9(7-17)8-18-12/h1-4,9,12,18H,5-6,8H2. The third-order valence-corrected chi connectivity index (χ3v) is 3.24. The number of hydrogen-bond donors (Lipinski definition) is 1. The number of benzene rings is 1. The molecule has 1 aromatic rings. The van der Waals surface area contributed by atoms with Gasteiger partial charge in [-0.3, -0.25) is 0 Å². The zero-order valence-corrected chi connectivity index (χ0v) is 9.67. The van der Waals surface area contributed by atoms with Gasteiger partial charge in [-0.2, -0.15) is 18.4 Å². The summed E-state index contributed by atoms with van der Waals surface area (Å²) in [5, 5.41) is 11.8. The summed E-state index contributed by atoms with van der Waals surface area (Å²) in [6, 6.07) is 7.44. The molecule has 0 radical (unpaired) electrons. The number of nitrogens with one attached hydrogen (secondary N) is 1. The van der Waals surface area contributed by atoms with Gasteiger partial charge in [-0.1, -0.05) is 18.2 Å². The van der Waals surface area contributed by atoms with Crippen molar-refractivity contribution in [1.82, 2.24) is 5.32 Å². The minimum absolute atomic E-state index is 0.0979. The maximum Gasteiger partial charge on any atom is 0.416 e. The van der Waals surface area contributed by atoms with Crippen LogP contribution in [-0.2, 0) is 6.18 Å². The van der Waals surface area contributed by atoms with Gasteiger partial charge in [-0.05, 0) is 24.5 Å². The normalized spacial score (nSPS) is 24.6. The molecule has 2 atom stereocenters. The van der Waals surface area contributed by atoms with Crippen molar-refractivity contribution in [2.75, 3.05) is 6.54 Å². The lowest BCUT2D eigenvalue weighted by Crippen LogP contribution is -2.33. The van der Waals surface area contributed by atoms with Crippen LogP contribution in [-0.4, -0.2) is 6.54 Å². The van der Waals surface area contributed by atoms with Gasteiger partial charge in [0.05, 0.1) is 17.6 Å². The SMILES string of the molecule is N#CC1CCC(c2ccccc2C(F)(F)F)NC1. The van der Waals surface area contributed by atoms with Gasteiger partial charge in [0, 0.05) is 12.6 Å². The Hall–Kier alpha value is -1.54. The molecule has 1 saturated heterocycles. The summed E-state index contributed by atoms with van der Waals surface area (Å²) in [7, 11) is 0. The molecule has 96 valence electrons. The summed E-state index contributed by atoms with van der Waals surface area (Å²) < 4.78 is 38.6. The lowest BCUT2D eigenvalue weighted by molar-refractivity contribution is -0.138. The minimum atomic E-state index is -4.33. The van der Waals surface area contributed by atoms with Gasteiger partial charge in [-0.25, -0.2) is 0 Å². The van der Waals surface area contributed by atoms with Crippen LogP contribution in [0.25, 0.3) is 0 Å². The summed E-state index contributed by atoms with van der Waals surface area (Å²) in [5.74, 6) is -0.0979. The summed E-state index contributed by atoms with van der Waals surface area (Å²) in [5.41, 5.74) is -0.306. The Morgan fingerprint density at radius 1 is 1.22 bits per heavy atom. The van der Waals surface area contributed by atoms with Gasteiger partial charge in [0.2, 0.25) is 0 Å². The van der Waals surface area contributed by atoms with Crippen LogP contribution in [0.5, 0.6) is 0 Å². The van der Waals surface area contributed by atoms with Crippen molar-refractivity contribution in [2.45, 2.75) is 25.1 Å². The Morgan fingerprint density at radius 3 is 2.50 bits per heavy atom. The van der Waals surface area contributed by atoms with E-state index in [-0.39, 0.29) is 17.5 Å². The molecule has 2 unspecified atom stereocenters. The van der Waals surface area contributed by atoms with Crippen LogP contribution in [0.3, 0.4) is 0 Å². The summed E-state index contributed by atoms with van der Waals surface area (Å²) in [6.07, 6.45) is -3.13. The molecule has 18 heavy (non-hydrogen) atoms. The Bertz CT molecular complexity index is 454. The second kappa shape index (κ2) is 4.99. The predicted molar refractivity (Wildman–Crippen MR) is 60.5 cm³/mol. The van der Waals surface area contributed by atoms with Crippen LogP contribution < -0.4 is 5.32 Å². The van der Waals surface area contributed by atoms with Crippen molar-refractivity contribution in [1.29, 1.82) is 5.26 Å². The van der Waals surface area contributed by atoms with Crippen LogP contribution in [0.1, 0.15) is 30.0 Å². The molecule has 0 aromatic heterocycles. The summed E-state index contributed by atoms with van der Waals surface area (Å²) >= 11 is 0. The molecule has 0 aliphatic carbocycles. The van der Waals surface area contributed by atoms with E-state index in [1.54, 1.807) is 6.07 Å². The molecular formula is C13H13F3N2. The fourth-order valence-corrected chi connectivity index (χ4v) is 2.29. The topological polar surface area (TPSA) is 35.8 Å². The predicted octanol–water partition coefficient (Wildman–Crippen LogP) is 3.27. The average Bonchev–Trinajstić information content (AvgIpc) is 2.38. The van der Waals surface area contributed by atoms with Gasteiger partial charge in [-0.15, -0.1) is 0 Å². The number of alkyl halides is 3. The molecule has 5 heteroatoms. The number of nitrogens with zero attached hydrogens (tertiary/aromatic N) is 1. The van der Waals surface area contributed by atoms with Gasteiger partial charge < -0.3 is 5.32 Å². The first-order valence-corrected chi connectivity index (χ1v) is 5.81. The highest BCUT2D eigenvalue weighted by Crippen LogP contribution is 2.37. The Kier molecular flexibility index (Phi) is 3.58. The number of nitriles is 1. The van der Waals surface area contributed by atoms with Crippen molar-refractivity contribution in [3.8, 4) is 6.07 Å². The summed E-state index contributed by atoms with van der Waals surface area (Å²) in [6.45, 7) is 0.452. The van der Waals surface area contributed by atoms with E-state index in [2.05, 4.69) is 11.4 Å². The van der Waals surface area contributed by atoms with Crippen LogP contribution in [0.4, 0.5) is 13.2 Å². The van der Waals surface area contributed by atoms with E-state index >= 15 is 0 Å². The molecule has 1 heterocycles. The fourth-order valence-electron chi connectivity index (χ4n) is 2.29. The molecule has 0 amide bonds. The van der Waals surface area contributed by atoms with Crippen molar-refractivity contribution in [3.63, 3.8) is 0 Å². The number of halogens is 3. The lowest BCUT2D eigenvalue weighted by atomic mass is 9.89. The maximum atomic E-state index is 12.9. The van der Waals surface area contributed by atoms with Crippen molar-refractivity contribution >= 4 is 0 Å². The quantitative estimate of drug-likeness (QED) is 0.834. The Balaban J connectivity index is 2.22. The lowest BCUT2D eigenvalue weighted by Gasteiger charge is -2.28. The highest BCUT2D eigenvalue weighted by Gasteiger charge is 2.35. The first-order chi connectivity index (χ1) is 8.52. The largest absolute Gasteiger partial charge is 0.416 e.